The number of carbonyl (C=O) groups is 1. The van der Waals surface area contributed by atoms with E-state index in [0.29, 0.717) is 18.6 Å². The lowest BCUT2D eigenvalue weighted by atomic mass is 9.82. The van der Waals surface area contributed by atoms with Crippen LogP contribution in [0, 0.1) is 5.92 Å². The van der Waals surface area contributed by atoms with Crippen molar-refractivity contribution in [3.8, 4) is 0 Å². The van der Waals surface area contributed by atoms with Crippen molar-refractivity contribution in [1.82, 2.24) is 10.9 Å². The molecule has 0 bridgehead atoms. The van der Waals surface area contributed by atoms with Crippen LogP contribution in [0.15, 0.2) is 36.4 Å². The van der Waals surface area contributed by atoms with E-state index in [-0.39, 0.29) is 12.0 Å². The third kappa shape index (κ3) is 3.52. The molecule has 1 aliphatic carbocycles. The van der Waals surface area contributed by atoms with E-state index in [1.165, 1.54) is 12.8 Å². The number of ether oxygens (including phenoxy) is 1. The Morgan fingerprint density at radius 3 is 2.86 bits per heavy atom. The van der Waals surface area contributed by atoms with Crippen molar-refractivity contribution in [2.24, 2.45) is 5.92 Å². The fourth-order valence-electron chi connectivity index (χ4n) is 3.24. The van der Waals surface area contributed by atoms with Gasteiger partial charge in [0.1, 0.15) is 12.6 Å². The molecule has 3 atom stereocenters. The molecule has 1 saturated heterocycles. The SMILES string of the molecule is O=C(OC/C=C/c1ccccc1)C1NNC2CCCCC21. The van der Waals surface area contributed by atoms with E-state index in [1.54, 1.807) is 0 Å². The van der Waals surface area contributed by atoms with Crippen LogP contribution in [0.3, 0.4) is 0 Å². The summed E-state index contributed by atoms with van der Waals surface area (Å²) >= 11 is 0. The van der Waals surface area contributed by atoms with Crippen molar-refractivity contribution >= 4 is 12.0 Å². The van der Waals surface area contributed by atoms with Gasteiger partial charge in [-0.15, -0.1) is 0 Å². The lowest BCUT2D eigenvalue weighted by Gasteiger charge is -2.26. The first kappa shape index (κ1) is 14.3. The smallest absolute Gasteiger partial charge is 0.325 e. The zero-order valence-corrected chi connectivity index (χ0v) is 12.1. The molecule has 0 aromatic heterocycles. The Labute approximate surface area is 125 Å². The van der Waals surface area contributed by atoms with Crippen LogP contribution in [0.25, 0.3) is 6.08 Å². The number of rotatable bonds is 4. The maximum atomic E-state index is 12.2. The van der Waals surface area contributed by atoms with Gasteiger partial charge in [0.15, 0.2) is 0 Å². The molecule has 0 radical (unpaired) electrons. The Morgan fingerprint density at radius 2 is 2.00 bits per heavy atom. The molecule has 1 aromatic carbocycles. The van der Waals surface area contributed by atoms with Crippen molar-refractivity contribution in [2.75, 3.05) is 6.61 Å². The normalized spacial score (nSPS) is 28.5. The first-order chi connectivity index (χ1) is 10.3. The van der Waals surface area contributed by atoms with Crippen LogP contribution in [-0.4, -0.2) is 24.7 Å². The van der Waals surface area contributed by atoms with Crippen LogP contribution in [-0.2, 0) is 9.53 Å². The number of hydrogen-bond donors (Lipinski definition) is 2. The molecule has 0 spiro atoms. The molecule has 1 heterocycles. The van der Waals surface area contributed by atoms with E-state index in [4.69, 9.17) is 4.74 Å². The van der Waals surface area contributed by atoms with Crippen molar-refractivity contribution in [2.45, 2.75) is 37.8 Å². The van der Waals surface area contributed by atoms with Crippen molar-refractivity contribution in [1.29, 1.82) is 0 Å². The minimum Gasteiger partial charge on any atom is -0.460 e. The molecule has 4 heteroatoms. The standard InChI is InChI=1S/C17H22N2O2/c20-17(16-14-10-4-5-11-15(14)18-19-16)21-12-6-9-13-7-2-1-3-8-13/h1-3,6-9,14-16,18-19H,4-5,10-12H2/b9-6+. The molecular formula is C17H22N2O2. The van der Waals surface area contributed by atoms with Crippen molar-refractivity contribution in [3.63, 3.8) is 0 Å². The maximum Gasteiger partial charge on any atom is 0.325 e. The second kappa shape index (κ2) is 6.87. The first-order valence-electron chi connectivity index (χ1n) is 7.74. The molecular weight excluding hydrogens is 264 g/mol. The van der Waals surface area contributed by atoms with Crippen LogP contribution < -0.4 is 10.9 Å². The van der Waals surface area contributed by atoms with E-state index >= 15 is 0 Å². The van der Waals surface area contributed by atoms with Gasteiger partial charge >= 0.3 is 5.97 Å². The van der Waals surface area contributed by atoms with Gasteiger partial charge in [0.05, 0.1) is 0 Å². The summed E-state index contributed by atoms with van der Waals surface area (Å²) in [6, 6.07) is 10.2. The average molecular weight is 286 g/mol. The number of esters is 1. The van der Waals surface area contributed by atoms with Gasteiger partial charge in [-0.05, 0) is 24.5 Å². The molecule has 2 N–H and O–H groups in total. The summed E-state index contributed by atoms with van der Waals surface area (Å²) in [7, 11) is 0. The van der Waals surface area contributed by atoms with E-state index < -0.39 is 0 Å². The van der Waals surface area contributed by atoms with Crippen LogP contribution in [0.5, 0.6) is 0 Å². The molecule has 1 aliphatic heterocycles. The topological polar surface area (TPSA) is 50.4 Å². The highest BCUT2D eigenvalue weighted by atomic mass is 16.5. The van der Waals surface area contributed by atoms with Crippen molar-refractivity contribution in [3.05, 3.63) is 42.0 Å². The highest BCUT2D eigenvalue weighted by Gasteiger charge is 2.41. The number of hydrazine groups is 1. The molecule has 2 fully saturated rings. The lowest BCUT2D eigenvalue weighted by molar-refractivity contribution is -0.145. The summed E-state index contributed by atoms with van der Waals surface area (Å²) in [6.45, 7) is 0.323. The van der Waals surface area contributed by atoms with E-state index in [1.807, 2.05) is 42.5 Å². The Morgan fingerprint density at radius 1 is 1.19 bits per heavy atom. The zero-order chi connectivity index (χ0) is 14.5. The second-order valence-corrected chi connectivity index (χ2v) is 5.76. The Balaban J connectivity index is 1.47. The fourth-order valence-corrected chi connectivity index (χ4v) is 3.24. The summed E-state index contributed by atoms with van der Waals surface area (Å²) < 4.78 is 5.37. The summed E-state index contributed by atoms with van der Waals surface area (Å²) in [5.41, 5.74) is 7.46. The number of hydrogen-bond acceptors (Lipinski definition) is 4. The van der Waals surface area contributed by atoms with Gasteiger partial charge in [-0.3, -0.25) is 10.2 Å². The zero-order valence-electron chi connectivity index (χ0n) is 12.1. The molecule has 112 valence electrons. The predicted molar refractivity (Wildman–Crippen MR) is 82.2 cm³/mol. The molecule has 21 heavy (non-hydrogen) atoms. The Bertz CT molecular complexity index is 501. The minimum absolute atomic E-state index is 0.144. The van der Waals surface area contributed by atoms with Gasteiger partial charge in [-0.2, -0.15) is 0 Å². The number of benzene rings is 1. The number of nitrogens with one attached hydrogen (secondary N) is 2. The third-order valence-corrected chi connectivity index (χ3v) is 4.36. The van der Waals surface area contributed by atoms with E-state index in [2.05, 4.69) is 10.9 Å². The fraction of sp³-hybridized carbons (Fsp3) is 0.471. The average Bonchev–Trinajstić information content (AvgIpc) is 2.96. The summed E-state index contributed by atoms with van der Waals surface area (Å²) in [5, 5.41) is 0. The third-order valence-electron chi connectivity index (χ3n) is 4.36. The van der Waals surface area contributed by atoms with Crippen LogP contribution in [0.2, 0.25) is 0 Å². The highest BCUT2D eigenvalue weighted by Crippen LogP contribution is 2.30. The predicted octanol–water partition coefficient (Wildman–Crippen LogP) is 2.28. The second-order valence-electron chi connectivity index (χ2n) is 5.76. The quantitative estimate of drug-likeness (QED) is 0.834. The lowest BCUT2D eigenvalue weighted by Crippen LogP contribution is -2.40. The van der Waals surface area contributed by atoms with E-state index in [9.17, 15) is 4.79 Å². The monoisotopic (exact) mass is 286 g/mol. The summed E-state index contributed by atoms with van der Waals surface area (Å²) in [5.74, 6) is 0.235. The van der Waals surface area contributed by atoms with E-state index in [0.717, 1.165) is 18.4 Å². The summed E-state index contributed by atoms with van der Waals surface area (Å²) in [4.78, 5) is 12.2. The maximum absolute atomic E-state index is 12.2. The molecule has 1 saturated carbocycles. The summed E-state index contributed by atoms with van der Waals surface area (Å²) in [6.07, 6.45) is 8.56. The Hall–Kier alpha value is -1.65. The van der Waals surface area contributed by atoms with Gasteiger partial charge in [0.2, 0.25) is 0 Å². The van der Waals surface area contributed by atoms with Crippen molar-refractivity contribution < 1.29 is 9.53 Å². The Kier molecular flexibility index (Phi) is 4.68. The molecule has 3 unspecified atom stereocenters. The largest absolute Gasteiger partial charge is 0.460 e. The molecule has 3 rings (SSSR count). The minimum atomic E-state index is -0.194. The van der Waals surface area contributed by atoms with Gasteiger partial charge in [-0.25, -0.2) is 5.43 Å². The molecule has 4 nitrogen and oxygen atoms in total. The van der Waals surface area contributed by atoms with Crippen LogP contribution >= 0.6 is 0 Å². The first-order valence-corrected chi connectivity index (χ1v) is 7.74. The van der Waals surface area contributed by atoms with Crippen LogP contribution in [0.1, 0.15) is 31.2 Å². The highest BCUT2D eigenvalue weighted by molar-refractivity contribution is 5.76. The number of fused-ring (bicyclic) bond motifs is 1. The van der Waals surface area contributed by atoms with Gasteiger partial charge in [-0.1, -0.05) is 49.2 Å². The van der Waals surface area contributed by atoms with Gasteiger partial charge < -0.3 is 4.74 Å². The molecule has 2 aliphatic rings. The van der Waals surface area contributed by atoms with Gasteiger partial charge in [0, 0.05) is 12.0 Å². The molecule has 1 aromatic rings. The van der Waals surface area contributed by atoms with Crippen LogP contribution in [0.4, 0.5) is 0 Å². The molecule has 0 amide bonds. The number of carbonyl (C=O) groups excluding carboxylic acids is 1. The van der Waals surface area contributed by atoms with Gasteiger partial charge in [0.25, 0.3) is 0 Å².